The second-order valence-electron chi connectivity index (χ2n) is 9.18. The standard InChI is InChI=1S/C28H27F3N2O4/c1-37-21-5-6-25-22(14-21)27(24(31)15-32-25)26(34)7-4-18-8-10-33(16-23(18)28(35)36)9-2-3-17-11-19(29)13-20(30)12-17/h5-6,11-15,18,23,26,34H,4,7-10,16H2,1H3,(H,35,36)/t18?,23?,26-/m1/s1. The summed E-state index contributed by atoms with van der Waals surface area (Å²) in [6.45, 7) is 1.10. The lowest BCUT2D eigenvalue weighted by atomic mass is 9.81. The van der Waals surface area contributed by atoms with Gasteiger partial charge in [0.2, 0.25) is 0 Å². The molecule has 1 fully saturated rings. The number of carboxylic acid groups (broad SMARTS) is 1. The number of nitrogens with zero attached hydrogens (tertiary/aromatic N) is 2. The first-order chi connectivity index (χ1) is 17.7. The predicted octanol–water partition coefficient (Wildman–Crippen LogP) is 4.55. The molecule has 2 aromatic carbocycles. The normalized spacial score (nSPS) is 18.7. The molecule has 1 saturated heterocycles. The van der Waals surface area contributed by atoms with Crippen molar-refractivity contribution in [2.45, 2.75) is 25.4 Å². The molecular formula is C28H27F3N2O4. The highest BCUT2D eigenvalue weighted by molar-refractivity contribution is 5.84. The van der Waals surface area contributed by atoms with Gasteiger partial charge < -0.3 is 14.9 Å². The lowest BCUT2D eigenvalue weighted by molar-refractivity contribution is -0.146. The van der Waals surface area contributed by atoms with Gasteiger partial charge in [0, 0.05) is 29.1 Å². The number of aliphatic hydroxyl groups excluding tert-OH is 1. The van der Waals surface area contributed by atoms with Gasteiger partial charge in [-0.25, -0.2) is 13.2 Å². The lowest BCUT2D eigenvalue weighted by Crippen LogP contribution is -2.44. The van der Waals surface area contributed by atoms with Gasteiger partial charge in [-0.2, -0.15) is 0 Å². The molecule has 0 bridgehead atoms. The maximum Gasteiger partial charge on any atom is 0.308 e. The Labute approximate surface area is 212 Å². The molecule has 2 unspecified atom stereocenters. The molecule has 3 atom stereocenters. The summed E-state index contributed by atoms with van der Waals surface area (Å²) in [5.41, 5.74) is 0.858. The molecule has 0 radical (unpaired) electrons. The number of pyridine rings is 1. The second-order valence-corrected chi connectivity index (χ2v) is 9.18. The van der Waals surface area contributed by atoms with Crippen LogP contribution in [0.25, 0.3) is 10.9 Å². The number of aliphatic carboxylic acids is 1. The number of benzene rings is 2. The first kappa shape index (κ1) is 26.5. The third kappa shape index (κ3) is 6.40. The average molecular weight is 513 g/mol. The minimum Gasteiger partial charge on any atom is -0.497 e. The summed E-state index contributed by atoms with van der Waals surface area (Å²) in [5, 5.41) is 21.2. The molecule has 4 rings (SSSR count). The first-order valence-corrected chi connectivity index (χ1v) is 12.0. The Balaban J connectivity index is 1.41. The molecule has 0 amide bonds. The van der Waals surface area contributed by atoms with Crippen molar-refractivity contribution in [3.63, 3.8) is 0 Å². The third-order valence-corrected chi connectivity index (χ3v) is 6.77. The minimum absolute atomic E-state index is 0.122. The van der Waals surface area contributed by atoms with Gasteiger partial charge in [0.05, 0.1) is 37.4 Å². The number of rotatable bonds is 7. The van der Waals surface area contributed by atoms with Gasteiger partial charge in [-0.3, -0.25) is 14.7 Å². The summed E-state index contributed by atoms with van der Waals surface area (Å²) < 4.78 is 46.6. The Morgan fingerprint density at radius 2 is 1.97 bits per heavy atom. The van der Waals surface area contributed by atoms with Crippen LogP contribution in [-0.2, 0) is 4.79 Å². The smallest absolute Gasteiger partial charge is 0.308 e. The summed E-state index contributed by atoms with van der Waals surface area (Å²) in [7, 11) is 1.50. The Kier molecular flexibility index (Phi) is 8.31. The molecule has 1 aromatic heterocycles. The number of hydrogen-bond donors (Lipinski definition) is 2. The highest BCUT2D eigenvalue weighted by Gasteiger charge is 2.34. The fraction of sp³-hybridized carbons (Fsp3) is 0.357. The van der Waals surface area contributed by atoms with Gasteiger partial charge in [-0.1, -0.05) is 11.8 Å². The van der Waals surface area contributed by atoms with E-state index < -0.39 is 35.4 Å². The third-order valence-electron chi connectivity index (χ3n) is 6.77. The predicted molar refractivity (Wildman–Crippen MR) is 131 cm³/mol. The van der Waals surface area contributed by atoms with Gasteiger partial charge in [0.15, 0.2) is 0 Å². The molecule has 1 aliphatic heterocycles. The summed E-state index contributed by atoms with van der Waals surface area (Å²) in [6, 6.07) is 8.06. The molecule has 0 saturated carbocycles. The van der Waals surface area contributed by atoms with Crippen LogP contribution in [0.5, 0.6) is 5.75 Å². The number of ether oxygens (including phenoxy) is 1. The number of piperidine rings is 1. The van der Waals surface area contributed by atoms with Crippen molar-refractivity contribution in [2.75, 3.05) is 26.7 Å². The molecule has 1 aliphatic rings. The number of aromatic nitrogens is 1. The summed E-state index contributed by atoms with van der Waals surface area (Å²) >= 11 is 0. The fourth-order valence-corrected chi connectivity index (χ4v) is 4.87. The van der Waals surface area contributed by atoms with E-state index in [1.54, 1.807) is 18.2 Å². The summed E-state index contributed by atoms with van der Waals surface area (Å²) in [6.07, 6.45) is 1.08. The van der Waals surface area contributed by atoms with Crippen molar-refractivity contribution in [3.05, 3.63) is 71.2 Å². The van der Waals surface area contributed by atoms with E-state index in [-0.39, 0.29) is 36.6 Å². The van der Waals surface area contributed by atoms with Crippen LogP contribution in [0.15, 0.2) is 42.6 Å². The maximum absolute atomic E-state index is 14.7. The quantitative estimate of drug-likeness (QED) is 0.452. The number of hydrogen-bond acceptors (Lipinski definition) is 5. The van der Waals surface area contributed by atoms with Crippen LogP contribution in [-0.4, -0.2) is 52.8 Å². The van der Waals surface area contributed by atoms with Crippen LogP contribution in [0.2, 0.25) is 0 Å². The monoisotopic (exact) mass is 512 g/mol. The van der Waals surface area contributed by atoms with E-state index in [0.29, 0.717) is 36.0 Å². The number of carboxylic acids is 1. The van der Waals surface area contributed by atoms with E-state index in [1.165, 1.54) is 7.11 Å². The summed E-state index contributed by atoms with van der Waals surface area (Å²) in [4.78, 5) is 18.0. The van der Waals surface area contributed by atoms with Gasteiger partial charge in [-0.15, -0.1) is 0 Å². The van der Waals surface area contributed by atoms with Crippen molar-refractivity contribution in [3.8, 4) is 17.6 Å². The van der Waals surface area contributed by atoms with Gasteiger partial charge in [0.25, 0.3) is 0 Å². The van der Waals surface area contributed by atoms with Crippen molar-refractivity contribution in [2.24, 2.45) is 11.8 Å². The highest BCUT2D eigenvalue weighted by atomic mass is 19.1. The highest BCUT2D eigenvalue weighted by Crippen LogP contribution is 2.34. The van der Waals surface area contributed by atoms with Crippen molar-refractivity contribution in [1.29, 1.82) is 0 Å². The number of halogens is 3. The fourth-order valence-electron chi connectivity index (χ4n) is 4.87. The minimum atomic E-state index is -1.14. The van der Waals surface area contributed by atoms with Crippen LogP contribution in [0.1, 0.15) is 36.5 Å². The van der Waals surface area contributed by atoms with Crippen LogP contribution < -0.4 is 4.74 Å². The molecule has 0 spiro atoms. The topological polar surface area (TPSA) is 82.9 Å². The van der Waals surface area contributed by atoms with Gasteiger partial charge in [-0.05, 0) is 62.1 Å². The van der Waals surface area contributed by atoms with E-state index >= 15 is 0 Å². The molecule has 194 valence electrons. The van der Waals surface area contributed by atoms with Gasteiger partial charge in [0.1, 0.15) is 23.2 Å². The van der Waals surface area contributed by atoms with E-state index in [2.05, 4.69) is 16.8 Å². The van der Waals surface area contributed by atoms with Crippen molar-refractivity contribution < 1.29 is 32.9 Å². The Morgan fingerprint density at radius 3 is 2.68 bits per heavy atom. The lowest BCUT2D eigenvalue weighted by Gasteiger charge is -2.36. The second kappa shape index (κ2) is 11.6. The Morgan fingerprint density at radius 1 is 1.22 bits per heavy atom. The van der Waals surface area contributed by atoms with E-state index in [0.717, 1.165) is 24.4 Å². The van der Waals surface area contributed by atoms with Crippen LogP contribution >= 0.6 is 0 Å². The van der Waals surface area contributed by atoms with E-state index in [1.807, 2.05) is 4.90 Å². The van der Waals surface area contributed by atoms with Crippen molar-refractivity contribution in [1.82, 2.24) is 9.88 Å². The zero-order valence-corrected chi connectivity index (χ0v) is 20.3. The molecule has 2 heterocycles. The average Bonchev–Trinajstić information content (AvgIpc) is 2.86. The Bertz CT molecular complexity index is 1330. The van der Waals surface area contributed by atoms with Gasteiger partial charge >= 0.3 is 5.97 Å². The Hall–Kier alpha value is -3.61. The zero-order valence-electron chi connectivity index (χ0n) is 20.3. The first-order valence-electron chi connectivity index (χ1n) is 12.0. The number of methoxy groups -OCH3 is 1. The molecule has 37 heavy (non-hydrogen) atoms. The number of carbonyl (C=O) groups is 1. The largest absolute Gasteiger partial charge is 0.497 e. The van der Waals surface area contributed by atoms with Crippen LogP contribution in [0.3, 0.4) is 0 Å². The molecule has 2 N–H and O–H groups in total. The summed E-state index contributed by atoms with van der Waals surface area (Å²) in [5.74, 6) is 2.18. The SMILES string of the molecule is COc1ccc2ncc(F)c([C@H](O)CCC3CCN(CC#Cc4cc(F)cc(F)c4)CC3C(=O)O)c2c1. The van der Waals surface area contributed by atoms with Crippen molar-refractivity contribution >= 4 is 16.9 Å². The zero-order chi connectivity index (χ0) is 26.5. The van der Waals surface area contributed by atoms with E-state index in [4.69, 9.17) is 4.74 Å². The maximum atomic E-state index is 14.7. The van der Waals surface area contributed by atoms with Crippen LogP contribution in [0, 0.1) is 41.1 Å². The number of fused-ring (bicyclic) bond motifs is 1. The van der Waals surface area contributed by atoms with E-state index in [9.17, 15) is 28.2 Å². The molecule has 6 nitrogen and oxygen atoms in total. The van der Waals surface area contributed by atoms with Crippen LogP contribution in [0.4, 0.5) is 13.2 Å². The molecular weight excluding hydrogens is 485 g/mol. The molecule has 0 aliphatic carbocycles. The molecule has 9 heteroatoms. The number of likely N-dealkylation sites (tertiary alicyclic amines) is 1. The molecule has 3 aromatic rings. The number of aliphatic hydroxyl groups is 1.